The molecular formula is C14H19ClO4S. The highest BCUT2D eigenvalue weighted by Gasteiger charge is 2.32. The van der Waals surface area contributed by atoms with Gasteiger partial charge in [-0.25, -0.2) is 8.42 Å². The summed E-state index contributed by atoms with van der Waals surface area (Å²) >= 11 is 5.74. The van der Waals surface area contributed by atoms with E-state index in [1.165, 1.54) is 6.92 Å². The molecule has 1 unspecified atom stereocenters. The zero-order valence-electron chi connectivity index (χ0n) is 12.0. The second kappa shape index (κ2) is 6.14. The van der Waals surface area contributed by atoms with Crippen molar-refractivity contribution in [3.05, 3.63) is 34.9 Å². The van der Waals surface area contributed by atoms with Crippen molar-refractivity contribution >= 4 is 27.4 Å². The van der Waals surface area contributed by atoms with Crippen molar-refractivity contribution in [3.63, 3.8) is 0 Å². The molecule has 0 amide bonds. The molecule has 1 aromatic rings. The first kappa shape index (κ1) is 17.0. The number of esters is 1. The van der Waals surface area contributed by atoms with Gasteiger partial charge in [0.15, 0.2) is 15.1 Å². The van der Waals surface area contributed by atoms with Gasteiger partial charge in [0.25, 0.3) is 0 Å². The molecule has 0 aliphatic rings. The minimum atomic E-state index is -3.62. The maximum atomic E-state index is 12.2. The van der Waals surface area contributed by atoms with Crippen LogP contribution in [0.1, 0.15) is 33.3 Å². The maximum absolute atomic E-state index is 12.2. The zero-order valence-corrected chi connectivity index (χ0v) is 13.6. The van der Waals surface area contributed by atoms with Crippen molar-refractivity contribution in [1.82, 2.24) is 0 Å². The molecule has 1 aromatic carbocycles. The molecule has 0 spiro atoms. The van der Waals surface area contributed by atoms with Gasteiger partial charge in [-0.05, 0) is 45.4 Å². The van der Waals surface area contributed by atoms with Crippen LogP contribution in [-0.4, -0.2) is 25.2 Å². The van der Waals surface area contributed by atoms with Crippen molar-refractivity contribution in [2.24, 2.45) is 0 Å². The van der Waals surface area contributed by atoms with Crippen LogP contribution in [0.4, 0.5) is 0 Å². The van der Waals surface area contributed by atoms with Crippen LogP contribution in [-0.2, 0) is 25.1 Å². The van der Waals surface area contributed by atoms with Gasteiger partial charge in [-0.2, -0.15) is 0 Å². The fraction of sp³-hybridized carbons (Fsp3) is 0.500. The largest absolute Gasteiger partial charge is 0.459 e. The smallest absolute Gasteiger partial charge is 0.324 e. The van der Waals surface area contributed by atoms with Crippen LogP contribution in [0, 0.1) is 0 Å². The normalized spacial score (nSPS) is 13.8. The van der Waals surface area contributed by atoms with Crippen molar-refractivity contribution in [2.75, 3.05) is 0 Å². The molecule has 20 heavy (non-hydrogen) atoms. The van der Waals surface area contributed by atoms with Gasteiger partial charge in [0.1, 0.15) is 5.60 Å². The van der Waals surface area contributed by atoms with E-state index in [1.807, 2.05) is 0 Å². The first-order valence-electron chi connectivity index (χ1n) is 6.20. The van der Waals surface area contributed by atoms with Gasteiger partial charge in [-0.3, -0.25) is 4.79 Å². The Labute approximate surface area is 125 Å². The summed E-state index contributed by atoms with van der Waals surface area (Å²) in [6.45, 7) is 6.44. The number of hydrogen-bond donors (Lipinski definition) is 0. The van der Waals surface area contributed by atoms with Crippen LogP contribution in [0.5, 0.6) is 0 Å². The highest BCUT2D eigenvalue weighted by atomic mass is 35.5. The first-order chi connectivity index (χ1) is 9.01. The van der Waals surface area contributed by atoms with Gasteiger partial charge in [0.2, 0.25) is 0 Å². The van der Waals surface area contributed by atoms with Gasteiger partial charge in [-0.1, -0.05) is 23.7 Å². The van der Waals surface area contributed by atoms with Crippen molar-refractivity contribution in [1.29, 1.82) is 0 Å². The fourth-order valence-electron chi connectivity index (χ4n) is 1.47. The van der Waals surface area contributed by atoms with E-state index in [4.69, 9.17) is 16.3 Å². The highest BCUT2D eigenvalue weighted by Crippen LogP contribution is 2.17. The summed E-state index contributed by atoms with van der Waals surface area (Å²) in [5.74, 6) is -0.948. The van der Waals surface area contributed by atoms with Gasteiger partial charge >= 0.3 is 5.97 Å². The molecule has 0 bridgehead atoms. The number of benzene rings is 1. The van der Waals surface area contributed by atoms with Gasteiger partial charge < -0.3 is 4.74 Å². The van der Waals surface area contributed by atoms with Crippen LogP contribution in [0.15, 0.2) is 24.3 Å². The molecule has 1 rings (SSSR count). The van der Waals surface area contributed by atoms with Crippen molar-refractivity contribution in [2.45, 2.75) is 44.3 Å². The Balaban J connectivity index is 2.82. The fourth-order valence-corrected chi connectivity index (χ4v) is 2.84. The number of rotatable bonds is 4. The number of hydrogen-bond acceptors (Lipinski definition) is 4. The maximum Gasteiger partial charge on any atom is 0.324 e. The average Bonchev–Trinajstić information content (AvgIpc) is 2.28. The second-order valence-electron chi connectivity index (χ2n) is 5.61. The molecule has 1 atom stereocenters. The molecule has 0 radical (unpaired) electrons. The predicted octanol–water partition coefficient (Wildman–Crippen LogP) is 2.99. The van der Waals surface area contributed by atoms with Crippen LogP contribution in [0.3, 0.4) is 0 Å². The summed E-state index contributed by atoms with van der Waals surface area (Å²) in [5.41, 5.74) is -0.119. The Morgan fingerprint density at radius 2 is 1.75 bits per heavy atom. The predicted molar refractivity (Wildman–Crippen MR) is 79.4 cm³/mol. The Bertz CT molecular complexity index is 570. The van der Waals surface area contributed by atoms with Crippen molar-refractivity contribution < 1.29 is 17.9 Å². The molecular weight excluding hydrogens is 300 g/mol. The summed E-state index contributed by atoms with van der Waals surface area (Å²) in [6, 6.07) is 6.48. The lowest BCUT2D eigenvalue weighted by atomic mass is 10.2. The van der Waals surface area contributed by atoms with Gasteiger partial charge in [-0.15, -0.1) is 0 Å². The van der Waals surface area contributed by atoms with Crippen molar-refractivity contribution in [3.8, 4) is 0 Å². The Hall–Kier alpha value is -1.07. The number of halogens is 1. The number of ether oxygens (including phenoxy) is 1. The van der Waals surface area contributed by atoms with E-state index in [-0.39, 0.29) is 5.75 Å². The first-order valence-corrected chi connectivity index (χ1v) is 8.29. The van der Waals surface area contributed by atoms with Crippen LogP contribution in [0.2, 0.25) is 5.02 Å². The lowest BCUT2D eigenvalue weighted by Gasteiger charge is -2.22. The standard InChI is InChI=1S/C14H19ClO4S/c1-10(13(16)19-14(2,3)4)20(17,18)9-11-5-7-12(15)8-6-11/h5-8,10H,9H2,1-4H3. The molecule has 0 N–H and O–H groups in total. The Morgan fingerprint density at radius 3 is 2.20 bits per heavy atom. The van der Waals surface area contributed by atoms with Crippen LogP contribution < -0.4 is 0 Å². The summed E-state index contributed by atoms with van der Waals surface area (Å²) < 4.78 is 29.5. The molecule has 6 heteroatoms. The monoisotopic (exact) mass is 318 g/mol. The second-order valence-corrected chi connectivity index (χ2v) is 8.37. The van der Waals surface area contributed by atoms with Gasteiger partial charge in [0.05, 0.1) is 5.75 Å². The third-order valence-corrected chi connectivity index (χ3v) is 4.82. The Morgan fingerprint density at radius 1 is 1.25 bits per heavy atom. The lowest BCUT2D eigenvalue weighted by Crippen LogP contribution is -2.35. The number of sulfone groups is 1. The van der Waals surface area contributed by atoms with Crippen LogP contribution in [0.25, 0.3) is 0 Å². The lowest BCUT2D eigenvalue weighted by molar-refractivity contribution is -0.153. The summed E-state index contributed by atoms with van der Waals surface area (Å²) in [4.78, 5) is 11.8. The number of carbonyl (C=O) groups is 1. The molecule has 112 valence electrons. The summed E-state index contributed by atoms with van der Waals surface area (Å²) in [7, 11) is -3.62. The SMILES string of the molecule is CC(C(=O)OC(C)(C)C)S(=O)(=O)Cc1ccc(Cl)cc1. The molecule has 0 aliphatic heterocycles. The minimum absolute atomic E-state index is 0.218. The van der Waals surface area contributed by atoms with Gasteiger partial charge in [0, 0.05) is 5.02 Å². The molecule has 0 saturated carbocycles. The third kappa shape index (κ3) is 5.13. The molecule has 0 saturated heterocycles. The van der Waals surface area contributed by atoms with Crippen LogP contribution >= 0.6 is 11.6 Å². The van der Waals surface area contributed by atoms with E-state index in [9.17, 15) is 13.2 Å². The van der Waals surface area contributed by atoms with E-state index >= 15 is 0 Å². The molecule has 0 aliphatic carbocycles. The van der Waals surface area contributed by atoms with E-state index in [0.717, 1.165) is 0 Å². The zero-order chi connectivity index (χ0) is 15.6. The molecule has 0 heterocycles. The molecule has 4 nitrogen and oxygen atoms in total. The topological polar surface area (TPSA) is 60.4 Å². The highest BCUT2D eigenvalue weighted by molar-refractivity contribution is 7.92. The van der Waals surface area contributed by atoms with E-state index in [0.29, 0.717) is 10.6 Å². The molecule has 0 fully saturated rings. The summed E-state index contributed by atoms with van der Waals surface area (Å²) in [6.07, 6.45) is 0. The molecule has 0 aromatic heterocycles. The Kier molecular flexibility index (Phi) is 5.21. The van der Waals surface area contributed by atoms with E-state index in [2.05, 4.69) is 0 Å². The average molecular weight is 319 g/mol. The quantitative estimate of drug-likeness (QED) is 0.801. The van der Waals surface area contributed by atoms with E-state index < -0.39 is 26.7 Å². The third-order valence-electron chi connectivity index (χ3n) is 2.56. The minimum Gasteiger partial charge on any atom is -0.459 e. The van der Waals surface area contributed by atoms with E-state index in [1.54, 1.807) is 45.0 Å². The summed E-state index contributed by atoms with van der Waals surface area (Å²) in [5, 5.41) is -0.663. The number of carbonyl (C=O) groups excluding carboxylic acids is 1.